The van der Waals surface area contributed by atoms with Crippen molar-refractivity contribution in [3.8, 4) is 11.5 Å². The molecule has 0 bridgehead atoms. The molecule has 0 saturated heterocycles. The van der Waals surface area contributed by atoms with Gasteiger partial charge in [-0.2, -0.15) is 20.5 Å². The predicted molar refractivity (Wildman–Crippen MR) is 270 cm³/mol. The number of amides is 4. The smallest absolute Gasteiger partial charge is 0.258 e. The zero-order valence-electron chi connectivity index (χ0n) is 37.7. The molecule has 0 spiro atoms. The lowest BCUT2D eigenvalue weighted by molar-refractivity contribution is -0.127. The van der Waals surface area contributed by atoms with E-state index >= 15 is 0 Å². The number of rotatable bonds is 21. The number of ether oxygens (including phenoxy) is 2. The molecule has 4 N–H and O–H groups in total. The minimum absolute atomic E-state index is 0.0862. The minimum atomic E-state index is -1.63. The first-order valence-corrected chi connectivity index (χ1v) is 23.1. The summed E-state index contributed by atoms with van der Waals surface area (Å²) in [5.41, 5.74) is 3.76. The van der Waals surface area contributed by atoms with Crippen molar-refractivity contribution in [2.24, 2.45) is 20.5 Å². The van der Waals surface area contributed by atoms with Crippen LogP contribution in [0.1, 0.15) is 63.6 Å². The fourth-order valence-electron chi connectivity index (χ4n) is 6.57. The van der Waals surface area contributed by atoms with Crippen LogP contribution in [0.2, 0.25) is 10.0 Å². The van der Waals surface area contributed by atoms with Crippen molar-refractivity contribution in [3.63, 3.8) is 0 Å². The largest absolute Gasteiger partial charge is 0.496 e. The third kappa shape index (κ3) is 15.0. The number of benzene rings is 5. The zero-order chi connectivity index (χ0) is 50.4. The second kappa shape index (κ2) is 25.3. The van der Waals surface area contributed by atoms with Gasteiger partial charge >= 0.3 is 0 Å². The number of hydrogen-bond donors (Lipinski definition) is 4. The van der Waals surface area contributed by atoms with Gasteiger partial charge in [0.05, 0.1) is 31.0 Å². The Morgan fingerprint density at radius 2 is 0.986 bits per heavy atom. The molecule has 0 aliphatic rings. The molecule has 5 rings (SSSR count). The maximum atomic E-state index is 13.5. The molecule has 0 aliphatic heterocycles. The Balaban J connectivity index is 1.27. The molecule has 360 valence electrons. The molecule has 0 aliphatic carbocycles. The first-order valence-electron chi connectivity index (χ1n) is 20.8. The molecule has 4 amide bonds. The molecule has 0 aromatic heterocycles. The molecule has 5 aromatic carbocycles. The maximum absolute atomic E-state index is 13.5. The minimum Gasteiger partial charge on any atom is -0.496 e. The van der Waals surface area contributed by atoms with Gasteiger partial charge in [-0.1, -0.05) is 35.3 Å². The maximum Gasteiger partial charge on any atom is 0.258 e. The average molecular weight is 1040 g/mol. The van der Waals surface area contributed by atoms with E-state index in [-0.39, 0.29) is 43.9 Å². The van der Waals surface area contributed by atoms with Gasteiger partial charge in [0.15, 0.2) is 11.6 Å². The van der Waals surface area contributed by atoms with Crippen LogP contribution < -0.4 is 30.7 Å². The first kappa shape index (κ1) is 53.5. The topological polar surface area (TPSA) is 218 Å². The highest BCUT2D eigenvalue weighted by Crippen LogP contribution is 2.32. The van der Waals surface area contributed by atoms with Crippen molar-refractivity contribution in [1.29, 1.82) is 0 Å². The normalized spacial score (nSPS) is 12.5. The molecule has 5 aromatic rings. The summed E-state index contributed by atoms with van der Waals surface area (Å²) in [6.07, 6.45) is 1.15. The molecule has 3 unspecified atom stereocenters. The molecule has 21 heteroatoms. The van der Waals surface area contributed by atoms with Gasteiger partial charge in [0, 0.05) is 67.8 Å². The number of anilines is 4. The van der Waals surface area contributed by atoms with Gasteiger partial charge in [0.25, 0.3) is 23.6 Å². The number of carbonyl (C=O) groups is 6. The number of methoxy groups -OCH3 is 2. The van der Waals surface area contributed by atoms with Gasteiger partial charge in [-0.25, -0.2) is 0 Å². The summed E-state index contributed by atoms with van der Waals surface area (Å²) in [7, 11) is 3.02. The molecule has 0 heterocycles. The van der Waals surface area contributed by atoms with E-state index in [2.05, 4.69) is 41.7 Å². The highest BCUT2D eigenvalue weighted by molar-refractivity contribution is 6.32. The molecule has 0 radical (unpaired) electrons. The van der Waals surface area contributed by atoms with Crippen LogP contribution in [0.3, 0.4) is 0 Å². The van der Waals surface area contributed by atoms with Gasteiger partial charge in [0.1, 0.15) is 11.5 Å². The molecular formula is C48H45Cl5N8O8. The van der Waals surface area contributed by atoms with Crippen molar-refractivity contribution in [2.45, 2.75) is 51.1 Å². The molecule has 0 fully saturated rings. The van der Waals surface area contributed by atoms with E-state index in [1.807, 2.05) is 0 Å². The summed E-state index contributed by atoms with van der Waals surface area (Å²) in [5.74, 6) is -2.16. The van der Waals surface area contributed by atoms with Gasteiger partial charge in [-0.3, -0.25) is 28.8 Å². The fourth-order valence-corrected chi connectivity index (χ4v) is 7.62. The Bertz CT molecular complexity index is 2820. The summed E-state index contributed by atoms with van der Waals surface area (Å²) >= 11 is 30.9. The van der Waals surface area contributed by atoms with E-state index in [0.717, 1.165) is 25.0 Å². The van der Waals surface area contributed by atoms with E-state index in [1.165, 1.54) is 68.8 Å². The molecule has 16 nitrogen and oxygen atoms in total. The standard InChI is InChI=1S/C48H45Cl5N8O8/c1-25(51)39-22-34(56-47(66)43(26(2)62)60-58-37-18-30(16-32(52)20-37)45(64)54-35-8-6-28(12-14-49)41(23-35)68-4)10-11-40(39)57-48(67)44(27(3)63)61-59-38-19-31(17-33(53)21-38)46(65)55-36-9-7-29(13-15-50)42(24-36)69-5/h6-11,16-25,43-44H,12-15H2,1-5H3,(H,54,64)(H,55,65)(H,56,66)(H,57,67). The van der Waals surface area contributed by atoms with Crippen molar-refractivity contribution >= 4 is 127 Å². The van der Waals surface area contributed by atoms with Crippen LogP contribution in [-0.2, 0) is 32.0 Å². The van der Waals surface area contributed by atoms with Gasteiger partial charge in [-0.15, -0.1) is 34.8 Å². The van der Waals surface area contributed by atoms with Crippen molar-refractivity contribution < 1.29 is 38.2 Å². The number of nitrogens with zero attached hydrogens (tertiary/aromatic N) is 4. The number of Topliss-reactive ketones (excluding diaryl/α,β-unsaturated/α-hetero) is 2. The van der Waals surface area contributed by atoms with E-state index in [0.29, 0.717) is 53.0 Å². The Morgan fingerprint density at radius 1 is 0.565 bits per heavy atom. The lowest BCUT2D eigenvalue weighted by Gasteiger charge is -2.17. The molecular weight excluding hydrogens is 994 g/mol. The van der Waals surface area contributed by atoms with Crippen LogP contribution in [-0.4, -0.2) is 73.3 Å². The van der Waals surface area contributed by atoms with E-state index < -0.39 is 52.7 Å². The number of azo groups is 2. The van der Waals surface area contributed by atoms with Crippen LogP contribution in [0, 0.1) is 0 Å². The van der Waals surface area contributed by atoms with E-state index in [1.54, 1.807) is 43.3 Å². The highest BCUT2D eigenvalue weighted by atomic mass is 35.5. The van der Waals surface area contributed by atoms with Crippen molar-refractivity contribution in [1.82, 2.24) is 0 Å². The fraction of sp³-hybridized carbons (Fsp3) is 0.250. The summed E-state index contributed by atoms with van der Waals surface area (Å²) in [6.45, 7) is 3.93. The number of aryl methyl sites for hydroxylation is 2. The van der Waals surface area contributed by atoms with Crippen molar-refractivity contribution in [3.05, 3.63) is 129 Å². The summed E-state index contributed by atoms with van der Waals surface area (Å²) in [6, 6.07) is 19.8. The Morgan fingerprint density at radius 3 is 1.39 bits per heavy atom. The first-order chi connectivity index (χ1) is 32.9. The molecule has 3 atom stereocenters. The van der Waals surface area contributed by atoms with Gasteiger partial charge < -0.3 is 30.7 Å². The third-order valence-electron chi connectivity index (χ3n) is 9.96. The summed E-state index contributed by atoms with van der Waals surface area (Å²) < 4.78 is 10.8. The van der Waals surface area contributed by atoms with E-state index in [4.69, 9.17) is 67.5 Å². The zero-order valence-corrected chi connectivity index (χ0v) is 41.4. The number of halogens is 5. The number of hydrogen-bond acceptors (Lipinski definition) is 12. The molecule has 0 saturated carbocycles. The Labute approximate surface area is 422 Å². The number of nitrogens with one attached hydrogen (secondary N) is 4. The van der Waals surface area contributed by atoms with Gasteiger partial charge in [-0.05, 0) is 117 Å². The van der Waals surface area contributed by atoms with Crippen LogP contribution in [0.25, 0.3) is 0 Å². The quantitative estimate of drug-likeness (QED) is 0.0314. The van der Waals surface area contributed by atoms with Crippen LogP contribution >= 0.6 is 58.0 Å². The summed E-state index contributed by atoms with van der Waals surface area (Å²) in [5, 5.41) is 26.5. The second-order valence-electron chi connectivity index (χ2n) is 15.1. The Kier molecular flexibility index (Phi) is 19.6. The number of carbonyl (C=O) groups excluding carboxylic acids is 6. The predicted octanol–water partition coefficient (Wildman–Crippen LogP) is 11.7. The van der Waals surface area contributed by atoms with Crippen LogP contribution in [0.5, 0.6) is 11.5 Å². The van der Waals surface area contributed by atoms with Crippen LogP contribution in [0.15, 0.2) is 111 Å². The molecule has 69 heavy (non-hydrogen) atoms. The monoisotopic (exact) mass is 1040 g/mol. The lowest BCUT2D eigenvalue weighted by atomic mass is 10.1. The SMILES string of the molecule is COc1cc(NC(=O)c2cc(Cl)cc(N=NC(C(C)=O)C(=O)Nc3ccc(NC(=O)C(N=Nc4cc(Cl)cc(C(=O)Nc5ccc(CCCl)c(OC)c5)c4)C(C)=O)c(C(C)Cl)c3)c2)ccc1CCCl. The van der Waals surface area contributed by atoms with Gasteiger partial charge in [0.2, 0.25) is 12.1 Å². The van der Waals surface area contributed by atoms with Crippen LogP contribution in [0.4, 0.5) is 34.1 Å². The van der Waals surface area contributed by atoms with Crippen molar-refractivity contribution in [2.75, 3.05) is 47.2 Å². The third-order valence-corrected chi connectivity index (χ3v) is 11.0. The van der Waals surface area contributed by atoms with E-state index in [9.17, 15) is 28.8 Å². The summed E-state index contributed by atoms with van der Waals surface area (Å²) in [4.78, 5) is 78.8. The highest BCUT2D eigenvalue weighted by Gasteiger charge is 2.27. The Hall–Kier alpha value is -6.43. The average Bonchev–Trinajstić information content (AvgIpc) is 3.30. The number of alkyl halides is 3. The second-order valence-corrected chi connectivity index (χ2v) is 17.4. The lowest BCUT2D eigenvalue weighted by Crippen LogP contribution is -2.32. The number of ketones is 2.